The first-order valence-electron chi connectivity index (χ1n) is 11.3. The molecule has 2 saturated heterocycles. The average molecular weight is 455 g/mol. The number of aromatic nitrogens is 3. The summed E-state index contributed by atoms with van der Waals surface area (Å²) < 4.78 is 7.51. The van der Waals surface area contributed by atoms with Crippen molar-refractivity contribution in [2.75, 3.05) is 19.5 Å². The Morgan fingerprint density at radius 1 is 1.27 bits per heavy atom. The van der Waals surface area contributed by atoms with Gasteiger partial charge in [0.25, 0.3) is 0 Å². The molecular formula is C22H30N8O3. The van der Waals surface area contributed by atoms with Crippen molar-refractivity contribution in [2.24, 2.45) is 18.9 Å². The van der Waals surface area contributed by atoms with Crippen LogP contribution in [0.2, 0.25) is 0 Å². The van der Waals surface area contributed by atoms with Crippen LogP contribution in [0.5, 0.6) is 5.75 Å². The molecule has 3 fully saturated rings. The van der Waals surface area contributed by atoms with Crippen molar-refractivity contribution in [3.05, 3.63) is 24.0 Å². The molecule has 2 aromatic rings. The fourth-order valence-corrected chi connectivity index (χ4v) is 4.83. The van der Waals surface area contributed by atoms with Gasteiger partial charge in [0.1, 0.15) is 5.82 Å². The number of hydrazine groups is 1. The number of aryl methyl sites for hydroxylation is 2. The Balaban J connectivity index is 1.44. The number of fused-ring (bicyclic) bond motifs is 1. The molecule has 1 aliphatic carbocycles. The Labute approximate surface area is 192 Å². The fourth-order valence-electron chi connectivity index (χ4n) is 4.83. The van der Waals surface area contributed by atoms with Crippen molar-refractivity contribution in [3.8, 4) is 17.1 Å². The van der Waals surface area contributed by atoms with Gasteiger partial charge in [0.05, 0.1) is 36.6 Å². The van der Waals surface area contributed by atoms with E-state index in [-0.39, 0.29) is 42.0 Å². The van der Waals surface area contributed by atoms with Crippen LogP contribution in [0, 0.1) is 18.8 Å². The molecule has 3 aliphatic rings. The standard InChI is InChI=1S/C22H30N8O3/c1-11-23-20(29(2)27-11)13-6-5-7-14(18(13)33-4)24-15-10-16(26-21(31)12-8-9-12)25-19-17(15)22(32)30(3)28-19/h5-7,12,15-17,19,24-25,28H,8-10H2,1-4H3,(H,26,31). The van der Waals surface area contributed by atoms with Gasteiger partial charge in [0.2, 0.25) is 11.8 Å². The minimum absolute atomic E-state index is 0.00369. The first-order valence-corrected chi connectivity index (χ1v) is 11.3. The second-order valence-corrected chi connectivity index (χ2v) is 9.01. The number of hydrogen-bond donors (Lipinski definition) is 4. The van der Waals surface area contributed by atoms with Crippen LogP contribution in [0.25, 0.3) is 11.4 Å². The zero-order chi connectivity index (χ0) is 23.3. The number of anilines is 1. The number of hydrogen-bond acceptors (Lipinski definition) is 8. The molecule has 11 heteroatoms. The molecule has 1 aromatic heterocycles. The normalized spacial score (nSPS) is 26.8. The molecule has 1 saturated carbocycles. The van der Waals surface area contributed by atoms with Crippen molar-refractivity contribution >= 4 is 17.5 Å². The molecule has 0 radical (unpaired) electrons. The highest BCUT2D eigenvalue weighted by Crippen LogP contribution is 2.38. The summed E-state index contributed by atoms with van der Waals surface area (Å²) in [6, 6.07) is 5.57. The Bertz CT molecular complexity index is 1080. The first kappa shape index (κ1) is 21.7. The van der Waals surface area contributed by atoms with Gasteiger partial charge in [-0.15, -0.1) is 0 Å². The van der Waals surface area contributed by atoms with E-state index in [1.807, 2.05) is 32.2 Å². The van der Waals surface area contributed by atoms with Crippen LogP contribution in [0.15, 0.2) is 18.2 Å². The van der Waals surface area contributed by atoms with Crippen LogP contribution >= 0.6 is 0 Å². The van der Waals surface area contributed by atoms with Crippen molar-refractivity contribution in [2.45, 2.75) is 44.6 Å². The lowest BCUT2D eigenvalue weighted by Gasteiger charge is -2.38. The summed E-state index contributed by atoms with van der Waals surface area (Å²) in [6.45, 7) is 1.85. The van der Waals surface area contributed by atoms with E-state index in [9.17, 15) is 9.59 Å². The van der Waals surface area contributed by atoms with Crippen LogP contribution in [0.1, 0.15) is 25.1 Å². The zero-order valence-electron chi connectivity index (χ0n) is 19.3. The van der Waals surface area contributed by atoms with E-state index in [0.717, 1.165) is 24.1 Å². The Morgan fingerprint density at radius 3 is 2.73 bits per heavy atom. The number of ether oxygens (including phenoxy) is 1. The van der Waals surface area contributed by atoms with Crippen molar-refractivity contribution in [1.82, 2.24) is 35.8 Å². The summed E-state index contributed by atoms with van der Waals surface area (Å²) >= 11 is 0. The third-order valence-corrected chi connectivity index (χ3v) is 6.55. The van der Waals surface area contributed by atoms with Crippen LogP contribution in [-0.4, -0.2) is 64.1 Å². The number of methoxy groups -OCH3 is 1. The lowest BCUT2D eigenvalue weighted by Crippen LogP contribution is -2.63. The molecule has 0 spiro atoms. The topological polar surface area (TPSA) is 125 Å². The van der Waals surface area contributed by atoms with E-state index >= 15 is 0 Å². The van der Waals surface area contributed by atoms with Crippen LogP contribution in [0.3, 0.4) is 0 Å². The van der Waals surface area contributed by atoms with Gasteiger partial charge in [-0.1, -0.05) is 6.07 Å². The van der Waals surface area contributed by atoms with E-state index in [1.165, 1.54) is 5.01 Å². The minimum atomic E-state index is -0.338. The molecule has 1 aromatic carbocycles. The van der Waals surface area contributed by atoms with Crippen molar-refractivity contribution in [3.63, 3.8) is 0 Å². The molecule has 2 aliphatic heterocycles. The number of nitrogens with one attached hydrogen (secondary N) is 4. The van der Waals surface area contributed by atoms with Gasteiger partial charge in [-0.3, -0.25) is 19.9 Å². The SMILES string of the molecule is COc1c(NC2CC(NC(=O)C3CC3)NC3NN(C)C(=O)C23)cccc1-c1nc(C)nn1C. The predicted octanol–water partition coefficient (Wildman–Crippen LogP) is 0.344. The first-order chi connectivity index (χ1) is 15.9. The molecule has 5 rings (SSSR count). The van der Waals surface area contributed by atoms with Gasteiger partial charge in [0.15, 0.2) is 11.6 Å². The van der Waals surface area contributed by atoms with Gasteiger partial charge >= 0.3 is 0 Å². The molecular weight excluding hydrogens is 424 g/mol. The number of carbonyl (C=O) groups excluding carboxylic acids is 2. The number of rotatable bonds is 6. The Hall–Kier alpha value is -3.18. The lowest BCUT2D eigenvalue weighted by molar-refractivity contribution is -0.131. The highest BCUT2D eigenvalue weighted by Gasteiger charge is 2.49. The quantitative estimate of drug-likeness (QED) is 0.493. The number of piperidine rings is 1. The maximum Gasteiger partial charge on any atom is 0.244 e. The highest BCUT2D eigenvalue weighted by molar-refractivity contribution is 5.84. The molecule has 11 nitrogen and oxygen atoms in total. The van der Waals surface area contributed by atoms with E-state index in [2.05, 4.69) is 31.5 Å². The number of carbonyl (C=O) groups is 2. The third-order valence-electron chi connectivity index (χ3n) is 6.55. The van der Waals surface area contributed by atoms with E-state index in [1.54, 1.807) is 18.8 Å². The predicted molar refractivity (Wildman–Crippen MR) is 121 cm³/mol. The second-order valence-electron chi connectivity index (χ2n) is 9.01. The number of nitrogens with zero attached hydrogens (tertiary/aromatic N) is 4. The van der Waals surface area contributed by atoms with Gasteiger partial charge < -0.3 is 15.4 Å². The number of para-hydroxylation sites is 1. The fraction of sp³-hybridized carbons (Fsp3) is 0.545. The summed E-state index contributed by atoms with van der Waals surface area (Å²) in [4.78, 5) is 29.8. The molecule has 4 atom stereocenters. The summed E-state index contributed by atoms with van der Waals surface area (Å²) in [7, 11) is 5.18. The zero-order valence-corrected chi connectivity index (χ0v) is 19.3. The van der Waals surface area contributed by atoms with E-state index < -0.39 is 0 Å². The van der Waals surface area contributed by atoms with Gasteiger partial charge in [0, 0.05) is 32.5 Å². The Kier molecular flexibility index (Phi) is 5.45. The van der Waals surface area contributed by atoms with Gasteiger partial charge in [-0.25, -0.2) is 15.1 Å². The van der Waals surface area contributed by atoms with Crippen LogP contribution in [-0.2, 0) is 16.6 Å². The molecule has 4 N–H and O–H groups in total. The summed E-state index contributed by atoms with van der Waals surface area (Å²) in [5, 5.41) is 15.9. The molecule has 33 heavy (non-hydrogen) atoms. The third kappa shape index (κ3) is 4.02. The number of benzene rings is 1. The highest BCUT2D eigenvalue weighted by atomic mass is 16.5. The van der Waals surface area contributed by atoms with Gasteiger partial charge in [-0.05, 0) is 31.9 Å². The average Bonchev–Trinajstić information content (AvgIpc) is 3.51. The molecule has 4 unspecified atom stereocenters. The van der Waals surface area contributed by atoms with Gasteiger partial charge in [-0.2, -0.15) is 5.10 Å². The molecule has 3 heterocycles. The Morgan fingerprint density at radius 2 is 2.06 bits per heavy atom. The van der Waals surface area contributed by atoms with Crippen molar-refractivity contribution < 1.29 is 14.3 Å². The summed E-state index contributed by atoms with van der Waals surface area (Å²) in [6.07, 6.45) is 1.90. The maximum atomic E-state index is 12.9. The molecule has 2 amide bonds. The summed E-state index contributed by atoms with van der Waals surface area (Å²) in [5.41, 5.74) is 4.74. The summed E-state index contributed by atoms with van der Waals surface area (Å²) in [5.74, 6) is 1.85. The lowest BCUT2D eigenvalue weighted by atomic mass is 9.88. The van der Waals surface area contributed by atoms with E-state index in [4.69, 9.17) is 4.74 Å². The maximum absolute atomic E-state index is 12.9. The molecule has 0 bridgehead atoms. The van der Waals surface area contributed by atoms with Crippen molar-refractivity contribution in [1.29, 1.82) is 0 Å². The van der Waals surface area contributed by atoms with E-state index in [0.29, 0.717) is 23.8 Å². The largest absolute Gasteiger partial charge is 0.494 e. The minimum Gasteiger partial charge on any atom is -0.494 e. The van der Waals surface area contributed by atoms with Crippen LogP contribution < -0.4 is 26.1 Å². The monoisotopic (exact) mass is 454 g/mol. The second kappa shape index (κ2) is 8.31. The smallest absolute Gasteiger partial charge is 0.244 e. The number of amides is 2. The van der Waals surface area contributed by atoms with Crippen LogP contribution in [0.4, 0.5) is 5.69 Å². The molecule has 176 valence electrons.